The third-order valence-corrected chi connectivity index (χ3v) is 5.99. The van der Waals surface area contributed by atoms with Crippen molar-refractivity contribution in [3.8, 4) is 6.07 Å². The van der Waals surface area contributed by atoms with Crippen molar-refractivity contribution in [3.63, 3.8) is 0 Å². The summed E-state index contributed by atoms with van der Waals surface area (Å²) in [5.41, 5.74) is -3.90. The van der Waals surface area contributed by atoms with E-state index < -0.39 is 46.7 Å². The maximum absolute atomic E-state index is 13.5. The molecule has 2 aromatic heterocycles. The summed E-state index contributed by atoms with van der Waals surface area (Å²) < 4.78 is 81.0. The fourth-order valence-electron chi connectivity index (χ4n) is 4.04. The van der Waals surface area contributed by atoms with Gasteiger partial charge in [0.25, 0.3) is 0 Å². The molecule has 194 valence electrons. The summed E-state index contributed by atoms with van der Waals surface area (Å²) in [4.78, 5) is 44.6. The number of anilines is 3. The molecule has 1 atom stereocenters. The van der Waals surface area contributed by atoms with Crippen LogP contribution >= 0.6 is 0 Å². The quantitative estimate of drug-likeness (QED) is 0.350. The highest BCUT2D eigenvalue weighted by atomic mass is 19.4. The van der Waals surface area contributed by atoms with E-state index in [1.165, 1.54) is 23.2 Å². The van der Waals surface area contributed by atoms with Gasteiger partial charge in [-0.2, -0.15) is 31.6 Å². The van der Waals surface area contributed by atoms with Crippen molar-refractivity contribution in [2.24, 2.45) is 11.3 Å². The Hall–Kier alpha value is -4.22. The Morgan fingerprint density at radius 1 is 1.14 bits per heavy atom. The number of alkyl halides is 6. The number of esters is 2. The van der Waals surface area contributed by atoms with Gasteiger partial charge in [-0.25, -0.2) is 19.6 Å². The number of halogens is 6. The lowest BCUT2D eigenvalue weighted by molar-refractivity contribution is -0.193. The van der Waals surface area contributed by atoms with E-state index in [0.717, 1.165) is 12.8 Å². The Labute approximate surface area is 204 Å². The summed E-state index contributed by atoms with van der Waals surface area (Å²) in [6, 6.07) is 5.29. The lowest BCUT2D eigenvalue weighted by Gasteiger charge is -2.21. The number of pyridine rings is 2. The Bertz CT molecular complexity index is 1320. The minimum Gasteiger partial charge on any atom is -0.383 e. The van der Waals surface area contributed by atoms with Crippen LogP contribution in [0.4, 0.5) is 43.7 Å². The Morgan fingerprint density at radius 2 is 1.81 bits per heavy atom. The molecule has 37 heavy (non-hydrogen) atoms. The molecule has 0 spiro atoms. The van der Waals surface area contributed by atoms with Crippen LogP contribution in [0.3, 0.4) is 0 Å². The first kappa shape index (κ1) is 25.9. The monoisotopic (exact) mass is 527 g/mol. The van der Waals surface area contributed by atoms with Crippen molar-refractivity contribution in [2.75, 3.05) is 16.8 Å². The van der Waals surface area contributed by atoms with E-state index in [-0.39, 0.29) is 24.2 Å². The molecule has 2 fully saturated rings. The van der Waals surface area contributed by atoms with Crippen molar-refractivity contribution in [1.82, 2.24) is 9.97 Å². The number of carbonyl (C=O) groups excluding carboxylic acids is 3. The summed E-state index contributed by atoms with van der Waals surface area (Å²) in [6.45, 7) is 0.260. The number of hydrogen-bond acceptors (Lipinski definition) is 8. The number of ether oxygens (including phenoxy) is 1. The zero-order valence-electron chi connectivity index (χ0n) is 18.5. The number of hydrogen-bond donors (Lipinski definition) is 1. The van der Waals surface area contributed by atoms with Gasteiger partial charge in [0.05, 0.1) is 17.2 Å². The average molecular weight is 527 g/mol. The molecule has 1 saturated carbocycles. The van der Waals surface area contributed by atoms with Crippen molar-refractivity contribution in [1.29, 1.82) is 5.26 Å². The Morgan fingerprint density at radius 3 is 2.41 bits per heavy atom. The second kappa shape index (κ2) is 9.02. The standard InChI is InChI=1S/C22H15F6N5O4/c23-21(24,25)14-8-16(31-9-13(14)17(34)37-19(36)22(26,27)28)32-15-7-12(3-5-30-15)33-6-4-20(10-29,18(33)35)11-1-2-11/h3,5,7-9,11H,1-2,4,6H2,(H,30,31,32)/t20-/m1/s1. The number of carbonyl (C=O) groups is 3. The van der Waals surface area contributed by atoms with Gasteiger partial charge in [0, 0.05) is 30.7 Å². The van der Waals surface area contributed by atoms with Gasteiger partial charge in [0.2, 0.25) is 5.91 Å². The molecule has 15 heteroatoms. The van der Waals surface area contributed by atoms with Gasteiger partial charge >= 0.3 is 24.3 Å². The highest BCUT2D eigenvalue weighted by Crippen LogP contribution is 2.52. The first-order valence-corrected chi connectivity index (χ1v) is 10.6. The molecule has 0 aromatic carbocycles. The van der Waals surface area contributed by atoms with Gasteiger partial charge in [-0.3, -0.25) is 4.79 Å². The van der Waals surface area contributed by atoms with Gasteiger partial charge in [-0.1, -0.05) is 0 Å². The molecule has 4 rings (SSSR count). The molecule has 1 aliphatic heterocycles. The highest BCUT2D eigenvalue weighted by Gasteiger charge is 2.56. The van der Waals surface area contributed by atoms with E-state index in [9.17, 15) is 46.0 Å². The van der Waals surface area contributed by atoms with Gasteiger partial charge in [-0.05, 0) is 37.3 Å². The van der Waals surface area contributed by atoms with Crippen LogP contribution in [0.2, 0.25) is 0 Å². The molecule has 1 saturated heterocycles. The maximum atomic E-state index is 13.5. The molecule has 0 unspecified atom stereocenters. The Balaban J connectivity index is 1.57. The number of nitriles is 1. The zero-order valence-corrected chi connectivity index (χ0v) is 18.5. The minimum atomic E-state index is -5.60. The van der Waals surface area contributed by atoms with Crippen LogP contribution in [0.1, 0.15) is 35.2 Å². The van der Waals surface area contributed by atoms with Gasteiger partial charge in [0.15, 0.2) is 0 Å². The molecule has 1 amide bonds. The number of amides is 1. The van der Waals surface area contributed by atoms with E-state index >= 15 is 0 Å². The summed E-state index contributed by atoms with van der Waals surface area (Å²) in [5, 5.41) is 12.1. The third kappa shape index (κ3) is 5.04. The van der Waals surface area contributed by atoms with Crippen LogP contribution in [-0.2, 0) is 20.5 Å². The zero-order chi connectivity index (χ0) is 27.2. The first-order chi connectivity index (χ1) is 17.3. The molecule has 2 aliphatic rings. The lowest BCUT2D eigenvalue weighted by atomic mass is 9.83. The van der Waals surface area contributed by atoms with Crippen LogP contribution in [0, 0.1) is 22.7 Å². The van der Waals surface area contributed by atoms with Crippen molar-refractivity contribution < 1.29 is 45.5 Å². The fraction of sp³-hybridized carbons (Fsp3) is 0.364. The fourth-order valence-corrected chi connectivity index (χ4v) is 4.04. The second-order valence-electron chi connectivity index (χ2n) is 8.38. The van der Waals surface area contributed by atoms with Gasteiger partial charge in [0.1, 0.15) is 17.1 Å². The molecule has 0 radical (unpaired) electrons. The number of nitrogens with one attached hydrogen (secondary N) is 1. The smallest absolute Gasteiger partial charge is 0.383 e. The topological polar surface area (TPSA) is 125 Å². The van der Waals surface area contributed by atoms with Crippen molar-refractivity contribution >= 4 is 35.2 Å². The largest absolute Gasteiger partial charge is 0.491 e. The molecule has 1 N–H and O–H groups in total. The third-order valence-electron chi connectivity index (χ3n) is 5.99. The van der Waals surface area contributed by atoms with E-state index in [0.29, 0.717) is 24.4 Å². The van der Waals surface area contributed by atoms with Crippen LogP contribution < -0.4 is 10.2 Å². The minimum absolute atomic E-state index is 0.0175. The Kier molecular flexibility index (Phi) is 6.30. The van der Waals surface area contributed by atoms with E-state index in [1.54, 1.807) is 0 Å². The molecule has 3 heterocycles. The maximum Gasteiger partial charge on any atom is 0.491 e. The summed E-state index contributed by atoms with van der Waals surface area (Å²) >= 11 is 0. The number of aromatic nitrogens is 2. The van der Waals surface area contributed by atoms with Crippen molar-refractivity contribution in [2.45, 2.75) is 31.6 Å². The molecular weight excluding hydrogens is 512 g/mol. The SMILES string of the molecule is N#C[C@@]1(C2CC2)CCN(c2ccnc(Nc3cc(C(F)(F)F)c(C(=O)OC(=O)C(F)(F)F)cn3)c2)C1=O. The molecule has 0 bridgehead atoms. The predicted octanol–water partition coefficient (Wildman–Crippen LogP) is 4.14. The summed E-state index contributed by atoms with van der Waals surface area (Å²) in [7, 11) is 0. The first-order valence-electron chi connectivity index (χ1n) is 10.6. The predicted molar refractivity (Wildman–Crippen MR) is 111 cm³/mol. The number of rotatable bonds is 5. The molecule has 2 aromatic rings. The highest BCUT2D eigenvalue weighted by molar-refractivity contribution is 6.02. The summed E-state index contributed by atoms with van der Waals surface area (Å²) in [6.07, 6.45) is -7.36. The van der Waals surface area contributed by atoms with Gasteiger partial charge < -0.3 is 15.0 Å². The van der Waals surface area contributed by atoms with E-state index in [1.807, 2.05) is 0 Å². The lowest BCUT2D eigenvalue weighted by Crippen LogP contribution is -2.35. The van der Waals surface area contributed by atoms with Crippen molar-refractivity contribution in [3.05, 3.63) is 41.7 Å². The van der Waals surface area contributed by atoms with Crippen LogP contribution in [0.5, 0.6) is 0 Å². The van der Waals surface area contributed by atoms with Crippen LogP contribution in [0.25, 0.3) is 0 Å². The van der Waals surface area contributed by atoms with Gasteiger partial charge in [-0.15, -0.1) is 0 Å². The second-order valence-corrected chi connectivity index (χ2v) is 8.38. The van der Waals surface area contributed by atoms with E-state index in [2.05, 4.69) is 26.1 Å². The average Bonchev–Trinajstić information content (AvgIpc) is 3.61. The van der Waals surface area contributed by atoms with Crippen LogP contribution in [-0.4, -0.2) is 40.5 Å². The molecule has 9 nitrogen and oxygen atoms in total. The molecular formula is C22H15F6N5O4. The van der Waals surface area contributed by atoms with Crippen LogP contribution in [0.15, 0.2) is 30.6 Å². The normalized spacial score (nSPS) is 19.9. The van der Waals surface area contributed by atoms with E-state index in [4.69, 9.17) is 0 Å². The number of nitrogens with zero attached hydrogens (tertiary/aromatic N) is 4. The summed E-state index contributed by atoms with van der Waals surface area (Å²) in [5.74, 6) is -6.09. The molecule has 1 aliphatic carbocycles.